The van der Waals surface area contributed by atoms with Gasteiger partial charge in [0.15, 0.2) is 4.73 Å². The Kier molecular flexibility index (Phi) is 5.75. The summed E-state index contributed by atoms with van der Waals surface area (Å²) in [4.78, 5) is 4.41. The van der Waals surface area contributed by atoms with E-state index in [0.29, 0.717) is 26.4 Å². The maximum atomic E-state index is 11.8. The highest BCUT2D eigenvalue weighted by molar-refractivity contribution is 9.10. The van der Waals surface area contributed by atoms with Crippen molar-refractivity contribution >= 4 is 27.0 Å². The van der Waals surface area contributed by atoms with Crippen molar-refractivity contribution in [2.24, 2.45) is 0 Å². The third kappa shape index (κ3) is 3.99. The SMILES string of the molecule is FCCOCCOCCn1c(Br)nc2ccccc21. The van der Waals surface area contributed by atoms with Gasteiger partial charge in [0.2, 0.25) is 0 Å². The monoisotopic (exact) mass is 330 g/mol. The number of alkyl halides is 1. The van der Waals surface area contributed by atoms with E-state index >= 15 is 0 Å². The van der Waals surface area contributed by atoms with Crippen molar-refractivity contribution in [3.63, 3.8) is 0 Å². The number of halogens is 2. The molecule has 0 aliphatic heterocycles. The molecule has 2 aromatic rings. The quantitative estimate of drug-likeness (QED) is 0.698. The first-order valence-corrected chi connectivity index (χ1v) is 6.94. The van der Waals surface area contributed by atoms with Crippen molar-refractivity contribution in [2.75, 3.05) is 33.1 Å². The molecular weight excluding hydrogens is 315 g/mol. The van der Waals surface area contributed by atoms with Gasteiger partial charge in [0.25, 0.3) is 0 Å². The van der Waals surface area contributed by atoms with Gasteiger partial charge in [0.05, 0.1) is 37.5 Å². The zero-order chi connectivity index (χ0) is 13.5. The second-order valence-electron chi connectivity index (χ2n) is 3.93. The van der Waals surface area contributed by atoms with Crippen molar-refractivity contribution < 1.29 is 13.9 Å². The number of ether oxygens (including phenoxy) is 2. The standard InChI is InChI=1S/C13H16BrFN2O2/c14-13-16-11-3-1-2-4-12(11)17(13)6-8-19-10-9-18-7-5-15/h1-4H,5-10H2. The maximum absolute atomic E-state index is 11.8. The number of aromatic nitrogens is 2. The molecule has 0 aliphatic carbocycles. The van der Waals surface area contributed by atoms with Crippen LogP contribution in [0.25, 0.3) is 11.0 Å². The molecule has 104 valence electrons. The minimum atomic E-state index is -0.450. The van der Waals surface area contributed by atoms with Crippen LogP contribution in [0, 0.1) is 0 Å². The van der Waals surface area contributed by atoms with E-state index in [-0.39, 0.29) is 6.61 Å². The van der Waals surface area contributed by atoms with Crippen molar-refractivity contribution in [3.05, 3.63) is 29.0 Å². The van der Waals surface area contributed by atoms with Gasteiger partial charge in [-0.1, -0.05) is 12.1 Å². The summed E-state index contributed by atoms with van der Waals surface area (Å²) >= 11 is 3.44. The lowest BCUT2D eigenvalue weighted by Crippen LogP contribution is -2.11. The van der Waals surface area contributed by atoms with Crippen LogP contribution in [0.4, 0.5) is 4.39 Å². The van der Waals surface area contributed by atoms with E-state index in [9.17, 15) is 4.39 Å². The Balaban J connectivity index is 1.80. The van der Waals surface area contributed by atoms with E-state index < -0.39 is 6.67 Å². The fourth-order valence-electron chi connectivity index (χ4n) is 1.79. The normalized spacial score (nSPS) is 11.3. The van der Waals surface area contributed by atoms with Crippen LogP contribution in [-0.4, -0.2) is 42.7 Å². The zero-order valence-corrected chi connectivity index (χ0v) is 12.1. The van der Waals surface area contributed by atoms with E-state index in [0.717, 1.165) is 15.8 Å². The summed E-state index contributed by atoms with van der Waals surface area (Å²) in [7, 11) is 0. The molecule has 1 aromatic carbocycles. The average Bonchev–Trinajstić information content (AvgIpc) is 2.74. The predicted molar refractivity (Wildman–Crippen MR) is 75.0 cm³/mol. The first kappa shape index (κ1) is 14.4. The minimum absolute atomic E-state index is 0.140. The molecule has 6 heteroatoms. The maximum Gasteiger partial charge on any atom is 0.178 e. The highest BCUT2D eigenvalue weighted by Gasteiger charge is 2.06. The first-order chi connectivity index (χ1) is 9.33. The van der Waals surface area contributed by atoms with Crippen molar-refractivity contribution in [1.82, 2.24) is 9.55 Å². The van der Waals surface area contributed by atoms with Crippen LogP contribution in [0.3, 0.4) is 0 Å². The molecule has 4 nitrogen and oxygen atoms in total. The molecule has 19 heavy (non-hydrogen) atoms. The summed E-state index contributed by atoms with van der Waals surface area (Å²) in [6.07, 6.45) is 0. The number of rotatable bonds is 8. The molecule has 0 radical (unpaired) electrons. The fraction of sp³-hybridized carbons (Fsp3) is 0.462. The average molecular weight is 331 g/mol. The summed E-state index contributed by atoms with van der Waals surface area (Å²) in [5.41, 5.74) is 2.03. The van der Waals surface area contributed by atoms with Crippen molar-refractivity contribution in [2.45, 2.75) is 6.54 Å². The molecule has 0 atom stereocenters. The summed E-state index contributed by atoms with van der Waals surface area (Å²) < 4.78 is 25.0. The summed E-state index contributed by atoms with van der Waals surface area (Å²) in [6.45, 7) is 1.87. The molecular formula is C13H16BrFN2O2. The Morgan fingerprint density at radius 2 is 1.84 bits per heavy atom. The lowest BCUT2D eigenvalue weighted by molar-refractivity contribution is 0.0403. The minimum Gasteiger partial charge on any atom is -0.377 e. The van der Waals surface area contributed by atoms with Gasteiger partial charge in [-0.25, -0.2) is 9.37 Å². The van der Waals surface area contributed by atoms with Crippen molar-refractivity contribution in [1.29, 1.82) is 0 Å². The van der Waals surface area contributed by atoms with E-state index in [1.165, 1.54) is 0 Å². The van der Waals surface area contributed by atoms with Crippen molar-refractivity contribution in [3.8, 4) is 0 Å². The Morgan fingerprint density at radius 3 is 2.63 bits per heavy atom. The fourth-order valence-corrected chi connectivity index (χ4v) is 2.35. The number of hydrogen-bond donors (Lipinski definition) is 0. The Morgan fingerprint density at radius 1 is 1.11 bits per heavy atom. The Labute approximate surface area is 119 Å². The van der Waals surface area contributed by atoms with Crippen LogP contribution in [0.5, 0.6) is 0 Å². The number of hydrogen-bond acceptors (Lipinski definition) is 3. The van der Waals surface area contributed by atoms with Gasteiger partial charge in [-0.3, -0.25) is 0 Å². The Bertz CT molecular complexity index is 518. The number of benzene rings is 1. The van der Waals surface area contributed by atoms with Gasteiger partial charge in [-0.05, 0) is 28.1 Å². The molecule has 0 unspecified atom stereocenters. The topological polar surface area (TPSA) is 36.3 Å². The third-order valence-corrected chi connectivity index (χ3v) is 3.27. The van der Waals surface area contributed by atoms with Gasteiger partial charge in [-0.15, -0.1) is 0 Å². The molecule has 0 fully saturated rings. The summed E-state index contributed by atoms with van der Waals surface area (Å²) in [5.74, 6) is 0. The van der Waals surface area contributed by atoms with Gasteiger partial charge < -0.3 is 14.0 Å². The summed E-state index contributed by atoms with van der Waals surface area (Å²) in [6, 6.07) is 7.95. The number of fused-ring (bicyclic) bond motifs is 1. The van der Waals surface area contributed by atoms with E-state index in [1.54, 1.807) is 0 Å². The summed E-state index contributed by atoms with van der Waals surface area (Å²) in [5, 5.41) is 0. The molecule has 2 rings (SSSR count). The van der Waals surface area contributed by atoms with E-state index in [2.05, 4.69) is 25.5 Å². The van der Waals surface area contributed by atoms with Gasteiger partial charge >= 0.3 is 0 Å². The third-order valence-electron chi connectivity index (χ3n) is 2.66. The zero-order valence-electron chi connectivity index (χ0n) is 10.5. The molecule has 0 saturated heterocycles. The van der Waals surface area contributed by atoms with Crippen LogP contribution in [0.1, 0.15) is 0 Å². The van der Waals surface area contributed by atoms with Gasteiger partial charge in [0, 0.05) is 6.54 Å². The van der Waals surface area contributed by atoms with Crippen LogP contribution >= 0.6 is 15.9 Å². The van der Waals surface area contributed by atoms with Gasteiger partial charge in [0.1, 0.15) is 6.67 Å². The van der Waals surface area contributed by atoms with E-state index in [4.69, 9.17) is 9.47 Å². The van der Waals surface area contributed by atoms with E-state index in [1.807, 2.05) is 24.3 Å². The van der Waals surface area contributed by atoms with Crippen LogP contribution in [0.15, 0.2) is 29.0 Å². The molecule has 1 aromatic heterocycles. The molecule has 0 spiro atoms. The largest absolute Gasteiger partial charge is 0.377 e. The lowest BCUT2D eigenvalue weighted by Gasteiger charge is -2.07. The predicted octanol–water partition coefficient (Wildman–Crippen LogP) is 2.80. The number of imidazole rings is 1. The molecule has 1 heterocycles. The van der Waals surface area contributed by atoms with Crippen LogP contribution in [-0.2, 0) is 16.0 Å². The smallest absolute Gasteiger partial charge is 0.178 e. The lowest BCUT2D eigenvalue weighted by atomic mass is 10.3. The second kappa shape index (κ2) is 7.57. The first-order valence-electron chi connectivity index (χ1n) is 6.15. The molecule has 0 amide bonds. The van der Waals surface area contributed by atoms with Crippen LogP contribution in [0.2, 0.25) is 0 Å². The Hall–Kier alpha value is -0.980. The second-order valence-corrected chi connectivity index (χ2v) is 4.64. The molecule has 0 N–H and O–H groups in total. The highest BCUT2D eigenvalue weighted by atomic mass is 79.9. The number of para-hydroxylation sites is 2. The number of nitrogens with zero attached hydrogens (tertiary/aromatic N) is 2. The highest BCUT2D eigenvalue weighted by Crippen LogP contribution is 2.19. The molecule has 0 saturated carbocycles. The molecule has 0 aliphatic rings. The van der Waals surface area contributed by atoms with Crippen LogP contribution < -0.4 is 0 Å². The van der Waals surface area contributed by atoms with Gasteiger partial charge in [-0.2, -0.15) is 0 Å². The molecule has 0 bridgehead atoms.